The van der Waals surface area contributed by atoms with Gasteiger partial charge in [-0.15, -0.1) is 0 Å². The number of rotatable bonds is 6. The number of benzene rings is 1. The zero-order valence-corrected chi connectivity index (χ0v) is 16.1. The number of carbonyl (C=O) groups excluding carboxylic acids is 1. The molecule has 0 aliphatic rings. The third-order valence-corrected chi connectivity index (χ3v) is 4.24. The van der Waals surface area contributed by atoms with Gasteiger partial charge in [0.2, 0.25) is 5.91 Å². The molecule has 0 unspecified atom stereocenters. The van der Waals surface area contributed by atoms with Crippen LogP contribution in [-0.4, -0.2) is 15.7 Å². The maximum absolute atomic E-state index is 13.2. The van der Waals surface area contributed by atoms with Gasteiger partial charge in [-0.2, -0.15) is 13.9 Å². The number of halogens is 4. The van der Waals surface area contributed by atoms with Crippen molar-refractivity contribution in [2.45, 2.75) is 19.4 Å². The highest BCUT2D eigenvalue weighted by Gasteiger charge is 2.28. The van der Waals surface area contributed by atoms with Crippen molar-refractivity contribution in [3.8, 4) is 0 Å². The molecular weight excluding hydrogens is 411 g/mol. The van der Waals surface area contributed by atoms with Crippen molar-refractivity contribution in [3.05, 3.63) is 75.8 Å². The van der Waals surface area contributed by atoms with Gasteiger partial charge in [-0.05, 0) is 35.9 Å². The number of amides is 1. The Labute approximate surface area is 169 Å². The fourth-order valence-corrected chi connectivity index (χ4v) is 2.82. The van der Waals surface area contributed by atoms with E-state index in [4.69, 9.17) is 27.6 Å². The van der Waals surface area contributed by atoms with Crippen molar-refractivity contribution >= 4 is 41.0 Å². The summed E-state index contributed by atoms with van der Waals surface area (Å²) in [5.74, 6) is -3.21. The Morgan fingerprint density at radius 1 is 1.29 bits per heavy atom. The summed E-state index contributed by atoms with van der Waals surface area (Å²) in [4.78, 5) is 12.0. The molecule has 0 fully saturated rings. The molecule has 1 amide bonds. The second-order valence-electron chi connectivity index (χ2n) is 6.04. The molecule has 0 atom stereocenters. The molecule has 3 aromatic rings. The molecule has 0 spiro atoms. The lowest BCUT2D eigenvalue weighted by atomic mass is 10.2. The molecule has 28 heavy (non-hydrogen) atoms. The Morgan fingerprint density at radius 3 is 2.75 bits per heavy atom. The van der Waals surface area contributed by atoms with E-state index in [9.17, 15) is 13.6 Å². The monoisotopic (exact) mass is 425 g/mol. The van der Waals surface area contributed by atoms with E-state index in [0.717, 1.165) is 6.92 Å². The standard InChI is InChI=1S/C19H15Cl2F2N3O2/c1-19(22,23)16-6-5-14(28-16)11-26-9-8-17(25-26)24-18(27)7-3-12-2-4-13(20)10-15(12)21/h2-10H,11H2,1H3,(H,24,25,27)/b7-3+. The Balaban J connectivity index is 1.60. The third-order valence-electron chi connectivity index (χ3n) is 3.68. The second-order valence-corrected chi connectivity index (χ2v) is 6.88. The Kier molecular flexibility index (Phi) is 5.86. The fraction of sp³-hybridized carbons (Fsp3) is 0.158. The van der Waals surface area contributed by atoms with Crippen LogP contribution in [0.5, 0.6) is 0 Å². The van der Waals surface area contributed by atoms with Gasteiger partial charge in [0.05, 0.1) is 6.54 Å². The molecule has 1 N–H and O–H groups in total. The molecule has 0 bridgehead atoms. The van der Waals surface area contributed by atoms with E-state index in [-0.39, 0.29) is 6.54 Å². The van der Waals surface area contributed by atoms with E-state index in [2.05, 4.69) is 10.4 Å². The van der Waals surface area contributed by atoms with E-state index in [1.165, 1.54) is 22.9 Å². The summed E-state index contributed by atoms with van der Waals surface area (Å²) in [6, 6.07) is 9.22. The van der Waals surface area contributed by atoms with Crippen LogP contribution < -0.4 is 5.32 Å². The number of anilines is 1. The quantitative estimate of drug-likeness (QED) is 0.523. The number of nitrogens with zero attached hydrogens (tertiary/aromatic N) is 2. The Bertz CT molecular complexity index is 1020. The van der Waals surface area contributed by atoms with Crippen LogP contribution in [0.4, 0.5) is 14.6 Å². The van der Waals surface area contributed by atoms with Crippen molar-refractivity contribution in [1.82, 2.24) is 9.78 Å². The van der Waals surface area contributed by atoms with Crippen LogP contribution in [0.25, 0.3) is 6.08 Å². The molecule has 0 radical (unpaired) electrons. The Morgan fingerprint density at radius 2 is 2.07 bits per heavy atom. The largest absolute Gasteiger partial charge is 0.458 e. The van der Waals surface area contributed by atoms with Crippen LogP contribution in [0.15, 0.2) is 53.1 Å². The molecular formula is C19H15Cl2F2N3O2. The van der Waals surface area contributed by atoms with Crippen molar-refractivity contribution in [2.24, 2.45) is 0 Å². The number of alkyl halides is 2. The lowest BCUT2D eigenvalue weighted by molar-refractivity contribution is -0.111. The average molecular weight is 426 g/mol. The number of hydrogen-bond acceptors (Lipinski definition) is 3. The van der Waals surface area contributed by atoms with Crippen molar-refractivity contribution in [3.63, 3.8) is 0 Å². The summed E-state index contributed by atoms with van der Waals surface area (Å²) in [6.45, 7) is 0.921. The smallest absolute Gasteiger partial charge is 0.301 e. The second kappa shape index (κ2) is 8.16. The molecule has 0 aliphatic heterocycles. The van der Waals surface area contributed by atoms with E-state index >= 15 is 0 Å². The normalized spacial score (nSPS) is 11.9. The summed E-state index contributed by atoms with van der Waals surface area (Å²) < 4.78 is 33.0. The van der Waals surface area contributed by atoms with Gasteiger partial charge in [-0.1, -0.05) is 29.3 Å². The Hall–Kier alpha value is -2.64. The lowest BCUT2D eigenvalue weighted by Crippen LogP contribution is -2.09. The van der Waals surface area contributed by atoms with E-state index in [1.807, 2.05) is 0 Å². The summed E-state index contributed by atoms with van der Waals surface area (Å²) in [6.07, 6.45) is 4.47. The minimum absolute atomic E-state index is 0.155. The maximum atomic E-state index is 13.2. The first kappa shape index (κ1) is 20.1. The van der Waals surface area contributed by atoms with Gasteiger partial charge in [-0.25, -0.2) is 0 Å². The zero-order valence-electron chi connectivity index (χ0n) is 14.6. The summed E-state index contributed by atoms with van der Waals surface area (Å²) in [5.41, 5.74) is 0.646. The molecule has 2 heterocycles. The topological polar surface area (TPSA) is 60.1 Å². The van der Waals surface area contributed by atoms with E-state index < -0.39 is 17.6 Å². The van der Waals surface area contributed by atoms with Gasteiger partial charge < -0.3 is 9.73 Å². The van der Waals surface area contributed by atoms with Crippen LogP contribution in [0, 0.1) is 0 Å². The van der Waals surface area contributed by atoms with Crippen molar-refractivity contribution in [2.75, 3.05) is 5.32 Å². The first-order valence-corrected chi connectivity index (χ1v) is 8.91. The first-order chi connectivity index (χ1) is 13.2. The minimum atomic E-state index is -3.04. The summed E-state index contributed by atoms with van der Waals surface area (Å²) >= 11 is 11.9. The predicted octanol–water partition coefficient (Wildman–Crippen LogP) is 5.59. The van der Waals surface area contributed by atoms with Gasteiger partial charge in [0.25, 0.3) is 0 Å². The van der Waals surface area contributed by atoms with Gasteiger partial charge in [0.15, 0.2) is 11.6 Å². The molecule has 0 saturated carbocycles. The van der Waals surface area contributed by atoms with Crippen molar-refractivity contribution < 1.29 is 18.0 Å². The fourth-order valence-electron chi connectivity index (χ4n) is 2.34. The zero-order chi connectivity index (χ0) is 20.3. The molecule has 9 heteroatoms. The van der Waals surface area contributed by atoms with Gasteiger partial charge in [-0.3, -0.25) is 9.48 Å². The minimum Gasteiger partial charge on any atom is -0.458 e. The van der Waals surface area contributed by atoms with Gasteiger partial charge in [0, 0.05) is 35.3 Å². The van der Waals surface area contributed by atoms with Crippen LogP contribution in [0.3, 0.4) is 0 Å². The van der Waals surface area contributed by atoms with Crippen LogP contribution >= 0.6 is 23.2 Å². The van der Waals surface area contributed by atoms with Gasteiger partial charge in [0.1, 0.15) is 5.76 Å². The summed E-state index contributed by atoms with van der Waals surface area (Å²) in [7, 11) is 0. The molecule has 0 saturated heterocycles. The van der Waals surface area contributed by atoms with Crippen LogP contribution in [0.1, 0.15) is 24.0 Å². The van der Waals surface area contributed by atoms with Crippen LogP contribution in [-0.2, 0) is 17.3 Å². The molecule has 146 valence electrons. The SMILES string of the molecule is CC(F)(F)c1ccc(Cn2ccc(NC(=O)/C=C/c3ccc(Cl)cc3Cl)n2)o1. The summed E-state index contributed by atoms with van der Waals surface area (Å²) in [5, 5.41) is 7.69. The van der Waals surface area contributed by atoms with Crippen molar-refractivity contribution in [1.29, 1.82) is 0 Å². The average Bonchev–Trinajstić information content (AvgIpc) is 3.24. The molecule has 1 aromatic carbocycles. The first-order valence-electron chi connectivity index (χ1n) is 8.15. The predicted molar refractivity (Wildman–Crippen MR) is 104 cm³/mol. The van der Waals surface area contributed by atoms with E-state index in [0.29, 0.717) is 27.2 Å². The number of nitrogens with one attached hydrogen (secondary N) is 1. The molecule has 0 aliphatic carbocycles. The third kappa shape index (κ3) is 5.21. The van der Waals surface area contributed by atoms with E-state index in [1.54, 1.807) is 36.5 Å². The highest BCUT2D eigenvalue weighted by Crippen LogP contribution is 2.28. The van der Waals surface area contributed by atoms with Crippen LogP contribution in [0.2, 0.25) is 10.0 Å². The number of aromatic nitrogens is 2. The molecule has 3 rings (SSSR count). The number of carbonyl (C=O) groups is 1. The highest BCUT2D eigenvalue weighted by atomic mass is 35.5. The maximum Gasteiger partial charge on any atom is 0.301 e. The number of furan rings is 1. The van der Waals surface area contributed by atoms with Gasteiger partial charge >= 0.3 is 5.92 Å². The molecule has 5 nitrogen and oxygen atoms in total. The molecule has 2 aromatic heterocycles. The highest BCUT2D eigenvalue weighted by molar-refractivity contribution is 6.35. The lowest BCUT2D eigenvalue weighted by Gasteiger charge is -2.05. The number of hydrogen-bond donors (Lipinski definition) is 1.